The monoisotopic (exact) mass is 277 g/mol. The van der Waals surface area contributed by atoms with Crippen LogP contribution in [0.25, 0.3) is 0 Å². The van der Waals surface area contributed by atoms with Gasteiger partial charge in [-0.05, 0) is 19.2 Å². The molecule has 1 N–H and O–H groups in total. The average Bonchev–Trinajstić information content (AvgIpc) is 2.47. The van der Waals surface area contributed by atoms with Gasteiger partial charge in [-0.2, -0.15) is 0 Å². The standard InChI is InChI=1S/C14H19N3O3/c1-16-7-9-17(10-8-16)14(19)15-12-6-4-3-5-11(12)13(18)20-2/h3-6H,7-10H2,1-2H3,(H,15,19). The predicted molar refractivity (Wildman–Crippen MR) is 75.9 cm³/mol. The van der Waals surface area contributed by atoms with Crippen LogP contribution in [0.5, 0.6) is 0 Å². The van der Waals surface area contributed by atoms with Crippen LogP contribution in [0.15, 0.2) is 24.3 Å². The van der Waals surface area contributed by atoms with E-state index in [1.54, 1.807) is 29.2 Å². The van der Waals surface area contributed by atoms with Gasteiger partial charge in [0.15, 0.2) is 0 Å². The van der Waals surface area contributed by atoms with E-state index in [4.69, 9.17) is 4.74 Å². The molecule has 1 heterocycles. The maximum Gasteiger partial charge on any atom is 0.339 e. The van der Waals surface area contributed by atoms with Crippen LogP contribution in [0.3, 0.4) is 0 Å². The smallest absolute Gasteiger partial charge is 0.339 e. The summed E-state index contributed by atoms with van der Waals surface area (Å²) in [4.78, 5) is 27.7. The molecule has 0 unspecified atom stereocenters. The fourth-order valence-corrected chi connectivity index (χ4v) is 2.08. The molecule has 0 spiro atoms. The number of hydrogen-bond donors (Lipinski definition) is 1. The molecule has 2 rings (SSSR count). The molecule has 1 aliphatic heterocycles. The highest BCUT2D eigenvalue weighted by Crippen LogP contribution is 2.17. The maximum absolute atomic E-state index is 12.2. The Labute approximate surface area is 118 Å². The summed E-state index contributed by atoms with van der Waals surface area (Å²) in [7, 11) is 3.35. The van der Waals surface area contributed by atoms with Crippen molar-refractivity contribution in [3.63, 3.8) is 0 Å². The van der Waals surface area contributed by atoms with Crippen LogP contribution in [-0.4, -0.2) is 62.1 Å². The van der Waals surface area contributed by atoms with E-state index in [1.807, 2.05) is 7.05 Å². The first-order valence-electron chi connectivity index (χ1n) is 6.53. The number of hydrogen-bond acceptors (Lipinski definition) is 4. The number of esters is 1. The van der Waals surface area contributed by atoms with Gasteiger partial charge in [0.2, 0.25) is 0 Å². The van der Waals surface area contributed by atoms with Crippen molar-refractivity contribution in [1.82, 2.24) is 9.80 Å². The second kappa shape index (κ2) is 6.38. The van der Waals surface area contributed by atoms with E-state index in [9.17, 15) is 9.59 Å². The zero-order chi connectivity index (χ0) is 14.5. The number of methoxy groups -OCH3 is 1. The van der Waals surface area contributed by atoms with Crippen LogP contribution < -0.4 is 5.32 Å². The highest BCUT2D eigenvalue weighted by Gasteiger charge is 2.20. The van der Waals surface area contributed by atoms with Gasteiger partial charge in [-0.1, -0.05) is 12.1 Å². The zero-order valence-corrected chi connectivity index (χ0v) is 11.8. The number of anilines is 1. The number of amides is 2. The second-order valence-corrected chi connectivity index (χ2v) is 4.76. The first-order valence-corrected chi connectivity index (χ1v) is 6.53. The van der Waals surface area contributed by atoms with E-state index in [0.717, 1.165) is 13.1 Å². The Hall–Kier alpha value is -2.08. The lowest BCUT2D eigenvalue weighted by atomic mass is 10.2. The Morgan fingerprint density at radius 3 is 2.45 bits per heavy atom. The molecule has 0 aromatic heterocycles. The molecule has 6 heteroatoms. The molecule has 0 atom stereocenters. The van der Waals surface area contributed by atoms with Crippen molar-refractivity contribution in [1.29, 1.82) is 0 Å². The SMILES string of the molecule is COC(=O)c1ccccc1NC(=O)N1CCN(C)CC1. The van der Waals surface area contributed by atoms with E-state index in [1.165, 1.54) is 7.11 Å². The summed E-state index contributed by atoms with van der Waals surface area (Å²) in [6.45, 7) is 3.07. The Morgan fingerprint density at radius 2 is 1.80 bits per heavy atom. The largest absolute Gasteiger partial charge is 0.465 e. The van der Waals surface area contributed by atoms with Crippen molar-refractivity contribution in [2.24, 2.45) is 0 Å². The normalized spacial score (nSPS) is 15.8. The van der Waals surface area contributed by atoms with E-state index in [-0.39, 0.29) is 6.03 Å². The molecule has 2 amide bonds. The summed E-state index contributed by atoms with van der Waals surface area (Å²) in [6.07, 6.45) is 0. The molecular weight excluding hydrogens is 258 g/mol. The maximum atomic E-state index is 12.2. The number of benzene rings is 1. The number of likely N-dealkylation sites (N-methyl/N-ethyl adjacent to an activating group) is 1. The minimum atomic E-state index is -0.459. The second-order valence-electron chi connectivity index (χ2n) is 4.76. The predicted octanol–water partition coefficient (Wildman–Crippen LogP) is 1.25. The Bertz CT molecular complexity index is 496. The summed E-state index contributed by atoms with van der Waals surface area (Å²) < 4.78 is 4.71. The summed E-state index contributed by atoms with van der Waals surface area (Å²) in [6, 6.07) is 6.64. The van der Waals surface area contributed by atoms with Crippen LogP contribution in [0.2, 0.25) is 0 Å². The van der Waals surface area contributed by atoms with Gasteiger partial charge in [-0.15, -0.1) is 0 Å². The molecule has 1 aromatic rings. The molecule has 0 saturated carbocycles. The highest BCUT2D eigenvalue weighted by atomic mass is 16.5. The number of nitrogens with zero attached hydrogens (tertiary/aromatic N) is 2. The number of urea groups is 1. The van der Waals surface area contributed by atoms with Crippen LogP contribution >= 0.6 is 0 Å². The van der Waals surface area contributed by atoms with Crippen LogP contribution in [0.4, 0.5) is 10.5 Å². The third kappa shape index (κ3) is 3.27. The van der Waals surface area contributed by atoms with Gasteiger partial charge < -0.3 is 19.9 Å². The van der Waals surface area contributed by atoms with Crippen LogP contribution in [0.1, 0.15) is 10.4 Å². The molecule has 20 heavy (non-hydrogen) atoms. The topological polar surface area (TPSA) is 61.9 Å². The number of carbonyl (C=O) groups is 2. The molecule has 1 fully saturated rings. The first-order chi connectivity index (χ1) is 9.61. The Kier molecular flexibility index (Phi) is 4.57. The number of carbonyl (C=O) groups excluding carboxylic acids is 2. The lowest BCUT2D eigenvalue weighted by molar-refractivity contribution is 0.0602. The van der Waals surface area contributed by atoms with Crippen molar-refractivity contribution in [3.05, 3.63) is 29.8 Å². The van der Waals surface area contributed by atoms with E-state index in [0.29, 0.717) is 24.3 Å². The number of ether oxygens (including phenoxy) is 1. The minimum absolute atomic E-state index is 0.186. The summed E-state index contributed by atoms with van der Waals surface area (Å²) in [5.74, 6) is -0.459. The van der Waals surface area contributed by atoms with Crippen LogP contribution in [0, 0.1) is 0 Å². The summed E-state index contributed by atoms with van der Waals surface area (Å²) in [5, 5.41) is 2.78. The molecule has 0 aliphatic carbocycles. The zero-order valence-electron chi connectivity index (χ0n) is 11.8. The Morgan fingerprint density at radius 1 is 1.15 bits per heavy atom. The molecular formula is C14H19N3O3. The first kappa shape index (κ1) is 14.3. The molecule has 1 saturated heterocycles. The van der Waals surface area contributed by atoms with Gasteiger partial charge in [-0.25, -0.2) is 9.59 Å². The van der Waals surface area contributed by atoms with Crippen molar-refractivity contribution in [3.8, 4) is 0 Å². The van der Waals surface area contributed by atoms with Crippen molar-refractivity contribution >= 4 is 17.7 Å². The Balaban J connectivity index is 2.06. The van der Waals surface area contributed by atoms with Crippen LogP contribution in [-0.2, 0) is 4.74 Å². The molecule has 6 nitrogen and oxygen atoms in total. The number of para-hydroxylation sites is 1. The van der Waals surface area contributed by atoms with Gasteiger partial charge in [0.1, 0.15) is 0 Å². The minimum Gasteiger partial charge on any atom is -0.465 e. The summed E-state index contributed by atoms with van der Waals surface area (Å²) in [5.41, 5.74) is 0.834. The van der Waals surface area contributed by atoms with Gasteiger partial charge in [0.05, 0.1) is 18.4 Å². The molecule has 1 aromatic carbocycles. The number of piperazine rings is 1. The van der Waals surface area contributed by atoms with Gasteiger partial charge in [-0.3, -0.25) is 0 Å². The van der Waals surface area contributed by atoms with Crippen molar-refractivity contribution in [2.75, 3.05) is 45.7 Å². The molecule has 1 aliphatic rings. The molecule has 108 valence electrons. The van der Waals surface area contributed by atoms with E-state index in [2.05, 4.69) is 10.2 Å². The quantitative estimate of drug-likeness (QED) is 0.827. The highest BCUT2D eigenvalue weighted by molar-refractivity contribution is 6.00. The van der Waals surface area contributed by atoms with Gasteiger partial charge >= 0.3 is 12.0 Å². The van der Waals surface area contributed by atoms with E-state index >= 15 is 0 Å². The molecule has 0 radical (unpaired) electrons. The lowest BCUT2D eigenvalue weighted by Gasteiger charge is -2.32. The van der Waals surface area contributed by atoms with Crippen molar-refractivity contribution < 1.29 is 14.3 Å². The third-order valence-electron chi connectivity index (χ3n) is 3.36. The fourth-order valence-electron chi connectivity index (χ4n) is 2.08. The average molecular weight is 277 g/mol. The number of nitrogens with one attached hydrogen (secondary N) is 1. The van der Waals surface area contributed by atoms with Gasteiger partial charge in [0, 0.05) is 26.2 Å². The number of rotatable bonds is 2. The third-order valence-corrected chi connectivity index (χ3v) is 3.36. The fraction of sp³-hybridized carbons (Fsp3) is 0.429. The molecule has 0 bridgehead atoms. The summed E-state index contributed by atoms with van der Waals surface area (Å²) >= 11 is 0. The van der Waals surface area contributed by atoms with Gasteiger partial charge in [0.25, 0.3) is 0 Å². The van der Waals surface area contributed by atoms with Crippen molar-refractivity contribution in [2.45, 2.75) is 0 Å². The van der Waals surface area contributed by atoms with E-state index < -0.39 is 5.97 Å². The lowest BCUT2D eigenvalue weighted by Crippen LogP contribution is -2.48.